The van der Waals surface area contributed by atoms with Gasteiger partial charge in [0.05, 0.1) is 5.69 Å². The van der Waals surface area contributed by atoms with Crippen molar-refractivity contribution in [1.29, 1.82) is 0 Å². The Morgan fingerprint density at radius 3 is 2.68 bits per heavy atom. The second kappa shape index (κ2) is 10.8. The number of rotatable bonds is 8. The van der Waals surface area contributed by atoms with E-state index in [2.05, 4.69) is 58.0 Å². The molecule has 0 aliphatic carbocycles. The van der Waals surface area contributed by atoms with Crippen LogP contribution in [-0.4, -0.2) is 30.7 Å². The minimum atomic E-state index is -0.178. The monoisotopic (exact) mass is 457 g/mol. The molecule has 1 aliphatic rings. The molecule has 8 nitrogen and oxygen atoms in total. The Morgan fingerprint density at radius 2 is 1.85 bits per heavy atom. The lowest BCUT2D eigenvalue weighted by molar-refractivity contribution is 0.0951. The van der Waals surface area contributed by atoms with Crippen LogP contribution in [0, 0.1) is 0 Å². The number of nitrogens with zero attached hydrogens (tertiary/aromatic N) is 3. The van der Waals surface area contributed by atoms with Crippen molar-refractivity contribution in [3.63, 3.8) is 0 Å². The molecule has 8 heteroatoms. The summed E-state index contributed by atoms with van der Waals surface area (Å²) in [6.45, 7) is 3.25. The second-order valence-electron chi connectivity index (χ2n) is 8.55. The molecule has 0 bridgehead atoms. The highest BCUT2D eigenvalue weighted by molar-refractivity contribution is 5.95. The zero-order valence-electron chi connectivity index (χ0n) is 19.4. The third kappa shape index (κ3) is 5.92. The summed E-state index contributed by atoms with van der Waals surface area (Å²) in [4.78, 5) is 15.0. The Labute approximate surface area is 200 Å². The molecule has 0 saturated heterocycles. The summed E-state index contributed by atoms with van der Waals surface area (Å²) >= 11 is 0. The van der Waals surface area contributed by atoms with Crippen LogP contribution in [0.25, 0.3) is 0 Å². The zero-order chi connectivity index (χ0) is 23.9. The number of likely N-dealkylation sites (N-methyl/N-ethyl adjacent to an activating group) is 1. The van der Waals surface area contributed by atoms with E-state index in [1.807, 2.05) is 12.1 Å². The van der Waals surface area contributed by atoms with Gasteiger partial charge >= 0.3 is 0 Å². The molecule has 34 heavy (non-hydrogen) atoms. The molecular formula is C26H31N7O. The van der Waals surface area contributed by atoms with E-state index in [1.54, 1.807) is 24.3 Å². The lowest BCUT2D eigenvalue weighted by Gasteiger charge is -2.25. The first-order chi connectivity index (χ1) is 16.5. The number of fused-ring (bicyclic) bond motifs is 1. The summed E-state index contributed by atoms with van der Waals surface area (Å²) in [6.07, 6.45) is 2.38. The van der Waals surface area contributed by atoms with Crippen LogP contribution < -0.4 is 27.3 Å². The van der Waals surface area contributed by atoms with Crippen molar-refractivity contribution < 1.29 is 4.79 Å². The lowest BCUT2D eigenvalue weighted by atomic mass is 9.99. The molecular weight excluding hydrogens is 426 g/mol. The molecule has 0 spiro atoms. The number of benzene rings is 3. The van der Waals surface area contributed by atoms with Gasteiger partial charge in [-0.25, -0.2) is 5.84 Å². The van der Waals surface area contributed by atoms with Crippen LogP contribution in [0.1, 0.15) is 32.6 Å². The van der Waals surface area contributed by atoms with Crippen molar-refractivity contribution in [3.05, 3.63) is 94.5 Å². The predicted molar refractivity (Wildman–Crippen MR) is 137 cm³/mol. The number of hydrogen-bond acceptors (Lipinski definition) is 6. The number of nitrogens with two attached hydrogens (primary N) is 2. The van der Waals surface area contributed by atoms with Crippen LogP contribution >= 0.6 is 0 Å². The van der Waals surface area contributed by atoms with Crippen LogP contribution in [0.2, 0.25) is 0 Å². The molecule has 3 aromatic carbocycles. The molecule has 0 aromatic heterocycles. The smallest absolute Gasteiger partial charge is 0.251 e. The van der Waals surface area contributed by atoms with Crippen LogP contribution in [0.5, 0.6) is 0 Å². The van der Waals surface area contributed by atoms with E-state index in [1.165, 1.54) is 22.5 Å². The highest BCUT2D eigenvalue weighted by atomic mass is 16.1. The SMILES string of the molecule is CN1CCc2ccc(NCc3cccc(CNC(=O)c4cccc(N(N)C=NN)c4)c3)cc2C1. The molecule has 0 unspecified atom stereocenters. The topological polar surface area (TPSA) is 112 Å². The van der Waals surface area contributed by atoms with Crippen LogP contribution in [-0.2, 0) is 26.1 Å². The number of carbonyl (C=O) groups excluding carboxylic acids is 1. The fourth-order valence-electron chi connectivity index (χ4n) is 4.09. The van der Waals surface area contributed by atoms with Crippen LogP contribution in [0.4, 0.5) is 11.4 Å². The second-order valence-corrected chi connectivity index (χ2v) is 8.55. The van der Waals surface area contributed by atoms with E-state index in [4.69, 9.17) is 11.7 Å². The third-order valence-corrected chi connectivity index (χ3v) is 5.95. The van der Waals surface area contributed by atoms with Gasteiger partial charge in [0.15, 0.2) is 0 Å². The van der Waals surface area contributed by atoms with Crippen molar-refractivity contribution in [1.82, 2.24) is 10.2 Å². The first kappa shape index (κ1) is 23.3. The molecule has 4 rings (SSSR count). The highest BCUT2D eigenvalue weighted by Gasteiger charge is 2.13. The maximum Gasteiger partial charge on any atom is 0.251 e. The van der Waals surface area contributed by atoms with E-state index in [-0.39, 0.29) is 5.91 Å². The maximum absolute atomic E-state index is 12.6. The minimum Gasteiger partial charge on any atom is -0.381 e. The number of carbonyl (C=O) groups is 1. The Balaban J connectivity index is 1.34. The number of nitrogens with one attached hydrogen (secondary N) is 2. The molecule has 0 radical (unpaired) electrons. The number of amides is 1. The Morgan fingerprint density at radius 1 is 1.06 bits per heavy atom. The van der Waals surface area contributed by atoms with Crippen LogP contribution in [0.15, 0.2) is 71.8 Å². The fourth-order valence-corrected chi connectivity index (χ4v) is 4.09. The molecule has 1 aliphatic heterocycles. The molecule has 1 amide bonds. The van der Waals surface area contributed by atoms with Crippen molar-refractivity contribution in [2.45, 2.75) is 26.1 Å². The maximum atomic E-state index is 12.6. The molecule has 0 fully saturated rings. The minimum absolute atomic E-state index is 0.178. The van der Waals surface area contributed by atoms with Gasteiger partial charge in [-0.05, 0) is 66.1 Å². The first-order valence-corrected chi connectivity index (χ1v) is 11.3. The molecule has 0 atom stereocenters. The van der Waals surface area contributed by atoms with Gasteiger partial charge in [-0.3, -0.25) is 9.80 Å². The summed E-state index contributed by atoms with van der Waals surface area (Å²) in [5.74, 6) is 10.8. The number of hydrazine groups is 1. The normalized spacial score (nSPS) is 13.5. The molecule has 176 valence electrons. The third-order valence-electron chi connectivity index (χ3n) is 5.95. The van der Waals surface area contributed by atoms with E-state index >= 15 is 0 Å². The van der Waals surface area contributed by atoms with Gasteiger partial charge in [0.2, 0.25) is 0 Å². The quantitative estimate of drug-likeness (QED) is 0.179. The standard InChI is InChI=1S/C26H31N7O/c1-32-11-10-21-8-9-24(13-23(21)17-32)29-15-19-4-2-5-20(12-19)16-30-26(34)22-6-3-7-25(14-22)33(28)18-31-27/h2-9,12-14,18,29H,10-11,15-17,27-28H2,1H3,(H,30,34). The lowest BCUT2D eigenvalue weighted by Crippen LogP contribution is -2.30. The van der Waals surface area contributed by atoms with Gasteiger partial charge in [-0.15, -0.1) is 0 Å². The average Bonchev–Trinajstić information content (AvgIpc) is 2.86. The fraction of sp³-hybridized carbons (Fsp3) is 0.231. The Kier molecular flexibility index (Phi) is 7.41. The summed E-state index contributed by atoms with van der Waals surface area (Å²) < 4.78 is 0. The van der Waals surface area contributed by atoms with Crippen molar-refractivity contribution in [2.24, 2.45) is 16.8 Å². The van der Waals surface area contributed by atoms with Gasteiger partial charge in [0.25, 0.3) is 5.91 Å². The average molecular weight is 458 g/mol. The Bertz CT molecular complexity index is 1180. The number of hydrogen-bond donors (Lipinski definition) is 4. The first-order valence-electron chi connectivity index (χ1n) is 11.3. The van der Waals surface area contributed by atoms with Gasteiger partial charge in [-0.2, -0.15) is 5.10 Å². The predicted octanol–water partition coefficient (Wildman–Crippen LogP) is 2.80. The zero-order valence-corrected chi connectivity index (χ0v) is 19.4. The van der Waals surface area contributed by atoms with Gasteiger partial charge in [0.1, 0.15) is 6.34 Å². The molecule has 1 heterocycles. The largest absolute Gasteiger partial charge is 0.381 e. The molecule has 0 saturated carbocycles. The van der Waals surface area contributed by atoms with E-state index in [9.17, 15) is 4.79 Å². The summed E-state index contributed by atoms with van der Waals surface area (Å²) in [6, 6.07) is 21.8. The summed E-state index contributed by atoms with van der Waals surface area (Å²) in [5, 5.41) is 11.2. The van der Waals surface area contributed by atoms with Crippen molar-refractivity contribution in [3.8, 4) is 0 Å². The van der Waals surface area contributed by atoms with Gasteiger partial charge in [-0.1, -0.05) is 36.4 Å². The van der Waals surface area contributed by atoms with Crippen molar-refractivity contribution in [2.75, 3.05) is 23.9 Å². The highest BCUT2D eigenvalue weighted by Crippen LogP contribution is 2.22. The number of hydrazone groups is 1. The van der Waals surface area contributed by atoms with E-state index in [0.29, 0.717) is 24.3 Å². The van der Waals surface area contributed by atoms with Crippen molar-refractivity contribution >= 4 is 23.6 Å². The summed E-state index contributed by atoms with van der Waals surface area (Å²) in [5.41, 5.74) is 7.28. The van der Waals surface area contributed by atoms with Crippen LogP contribution in [0.3, 0.4) is 0 Å². The van der Waals surface area contributed by atoms with E-state index < -0.39 is 0 Å². The molecule has 3 aromatic rings. The van der Waals surface area contributed by atoms with Gasteiger partial charge in [0, 0.05) is 37.4 Å². The summed E-state index contributed by atoms with van der Waals surface area (Å²) in [7, 11) is 2.16. The Hall–Kier alpha value is -3.88. The number of anilines is 2. The van der Waals surface area contributed by atoms with E-state index in [0.717, 1.165) is 36.3 Å². The van der Waals surface area contributed by atoms with Gasteiger partial charge < -0.3 is 21.4 Å². The molecule has 6 N–H and O–H groups in total.